The van der Waals surface area contributed by atoms with Crippen LogP contribution in [0.4, 0.5) is 11.4 Å². The maximum absolute atomic E-state index is 12.2. The minimum atomic E-state index is -0.834. The maximum atomic E-state index is 12.2. The molecule has 0 aromatic heterocycles. The van der Waals surface area contributed by atoms with E-state index in [1.165, 1.54) is 19.1 Å². The molecule has 8 heteroatoms. The number of aryl methyl sites for hydroxylation is 2. The Morgan fingerprint density at radius 1 is 1.12 bits per heavy atom. The Morgan fingerprint density at radius 3 is 2.42 bits per heavy atom. The van der Waals surface area contributed by atoms with E-state index in [0.29, 0.717) is 5.69 Å². The number of nitro groups is 1. The van der Waals surface area contributed by atoms with Crippen LogP contribution in [0.15, 0.2) is 36.4 Å². The molecule has 0 spiro atoms. The average Bonchev–Trinajstić information content (AvgIpc) is 2.58. The van der Waals surface area contributed by atoms with Gasteiger partial charge in [0.1, 0.15) is 11.1 Å². The number of halogens is 1. The van der Waals surface area contributed by atoms with Crippen molar-refractivity contribution in [2.24, 2.45) is 0 Å². The summed E-state index contributed by atoms with van der Waals surface area (Å²) in [5, 5.41) is 16.1. The van der Waals surface area contributed by atoms with Gasteiger partial charge in [-0.15, -0.1) is 0 Å². The monoisotopic (exact) mass is 375 g/mol. The van der Waals surface area contributed by atoms with Crippen molar-refractivity contribution in [3.63, 3.8) is 0 Å². The van der Waals surface area contributed by atoms with Crippen molar-refractivity contribution in [3.05, 3.63) is 68.2 Å². The second-order valence-electron chi connectivity index (χ2n) is 5.91. The Bertz CT molecular complexity index is 883. The molecule has 2 rings (SSSR count). The Balaban J connectivity index is 2.06. The van der Waals surface area contributed by atoms with Crippen LogP contribution in [0.25, 0.3) is 0 Å². The van der Waals surface area contributed by atoms with Crippen molar-refractivity contribution < 1.29 is 14.5 Å². The molecule has 0 aliphatic heterocycles. The molecule has 136 valence electrons. The van der Waals surface area contributed by atoms with Gasteiger partial charge in [0, 0.05) is 17.3 Å². The van der Waals surface area contributed by atoms with E-state index in [4.69, 9.17) is 11.6 Å². The van der Waals surface area contributed by atoms with Gasteiger partial charge in [-0.3, -0.25) is 19.7 Å². The fraction of sp³-hybridized carbons (Fsp3) is 0.222. The summed E-state index contributed by atoms with van der Waals surface area (Å²) in [4.78, 5) is 34.7. The molecule has 2 N–H and O–H groups in total. The van der Waals surface area contributed by atoms with Crippen molar-refractivity contribution in [3.8, 4) is 0 Å². The quantitative estimate of drug-likeness (QED) is 0.615. The lowest BCUT2D eigenvalue weighted by Gasteiger charge is -2.15. The van der Waals surface area contributed by atoms with Crippen molar-refractivity contribution in [1.82, 2.24) is 5.32 Å². The molecule has 7 nitrogen and oxygen atoms in total. The molecule has 0 saturated heterocycles. The summed E-state index contributed by atoms with van der Waals surface area (Å²) in [6.07, 6.45) is 0. The van der Waals surface area contributed by atoms with Crippen molar-refractivity contribution in [2.45, 2.75) is 26.8 Å². The molecule has 26 heavy (non-hydrogen) atoms. The molecule has 1 atom stereocenters. The Hall–Kier alpha value is -2.93. The highest BCUT2D eigenvalue weighted by Gasteiger charge is 2.20. The van der Waals surface area contributed by atoms with Gasteiger partial charge in [-0.2, -0.15) is 0 Å². The number of nitrogens with one attached hydrogen (secondary N) is 2. The molecule has 0 aliphatic carbocycles. The van der Waals surface area contributed by atoms with Gasteiger partial charge in [-0.1, -0.05) is 17.7 Å². The third-order valence-electron chi connectivity index (χ3n) is 3.92. The fourth-order valence-corrected chi connectivity index (χ4v) is 2.40. The van der Waals surface area contributed by atoms with E-state index in [1.54, 1.807) is 6.07 Å². The first-order chi connectivity index (χ1) is 12.2. The van der Waals surface area contributed by atoms with E-state index in [1.807, 2.05) is 26.0 Å². The van der Waals surface area contributed by atoms with E-state index in [2.05, 4.69) is 10.6 Å². The van der Waals surface area contributed by atoms with Crippen LogP contribution in [0.1, 0.15) is 28.4 Å². The van der Waals surface area contributed by atoms with Crippen molar-refractivity contribution in [1.29, 1.82) is 0 Å². The number of nitro benzene ring substituents is 1. The van der Waals surface area contributed by atoms with Gasteiger partial charge in [0.05, 0.1) is 4.92 Å². The first kappa shape index (κ1) is 19.4. The van der Waals surface area contributed by atoms with Crippen LogP contribution in [0, 0.1) is 24.0 Å². The number of nitrogens with zero attached hydrogens (tertiary/aromatic N) is 1. The van der Waals surface area contributed by atoms with E-state index in [9.17, 15) is 19.7 Å². The molecule has 0 radical (unpaired) electrons. The van der Waals surface area contributed by atoms with Crippen molar-refractivity contribution >= 4 is 34.8 Å². The van der Waals surface area contributed by atoms with Crippen LogP contribution in [0.3, 0.4) is 0 Å². The average molecular weight is 376 g/mol. The van der Waals surface area contributed by atoms with E-state index >= 15 is 0 Å². The Kier molecular flexibility index (Phi) is 5.94. The molecule has 0 aliphatic rings. The van der Waals surface area contributed by atoms with Gasteiger partial charge in [-0.05, 0) is 56.2 Å². The summed E-state index contributed by atoms with van der Waals surface area (Å²) in [5.41, 5.74) is 2.45. The summed E-state index contributed by atoms with van der Waals surface area (Å²) in [6, 6.07) is 8.38. The molecule has 2 aromatic rings. The van der Waals surface area contributed by atoms with Crippen molar-refractivity contribution in [2.75, 3.05) is 5.32 Å². The normalized spacial score (nSPS) is 11.5. The molecule has 0 heterocycles. The lowest BCUT2D eigenvalue weighted by atomic mass is 10.1. The molecule has 2 amide bonds. The van der Waals surface area contributed by atoms with Gasteiger partial charge in [0.25, 0.3) is 11.6 Å². The topological polar surface area (TPSA) is 101 Å². The van der Waals surface area contributed by atoms with Gasteiger partial charge < -0.3 is 10.6 Å². The number of carbonyl (C=O) groups excluding carboxylic acids is 2. The molecule has 0 bridgehead atoms. The second kappa shape index (κ2) is 7.97. The maximum Gasteiger partial charge on any atom is 0.288 e. The molecule has 0 fully saturated rings. The third-order valence-corrected chi connectivity index (χ3v) is 4.24. The first-order valence-corrected chi connectivity index (χ1v) is 8.19. The van der Waals surface area contributed by atoms with Gasteiger partial charge in [-0.25, -0.2) is 0 Å². The minimum absolute atomic E-state index is 0.0481. The third kappa shape index (κ3) is 4.58. The number of hydrogen-bond donors (Lipinski definition) is 2. The van der Waals surface area contributed by atoms with E-state index in [-0.39, 0.29) is 16.3 Å². The highest BCUT2D eigenvalue weighted by atomic mass is 35.5. The van der Waals surface area contributed by atoms with Crippen LogP contribution in [-0.2, 0) is 4.79 Å². The van der Waals surface area contributed by atoms with E-state index in [0.717, 1.165) is 17.2 Å². The zero-order chi connectivity index (χ0) is 19.4. The Morgan fingerprint density at radius 2 is 1.81 bits per heavy atom. The minimum Gasteiger partial charge on any atom is -0.341 e. The smallest absolute Gasteiger partial charge is 0.288 e. The second-order valence-corrected chi connectivity index (χ2v) is 6.31. The van der Waals surface area contributed by atoms with Gasteiger partial charge in [0.15, 0.2) is 0 Å². The number of hydrogen-bond acceptors (Lipinski definition) is 4. The predicted octanol–water partition coefficient (Wildman–Crippen LogP) is 3.62. The van der Waals surface area contributed by atoms with Crippen LogP contribution in [0.5, 0.6) is 0 Å². The first-order valence-electron chi connectivity index (χ1n) is 7.82. The summed E-state index contributed by atoms with van der Waals surface area (Å²) >= 11 is 5.73. The molecule has 2 aromatic carbocycles. The molecule has 0 unspecified atom stereocenters. The standard InChI is InChI=1S/C18H18ClN3O4/c1-10-4-6-14(8-11(10)2)21-17(23)12(3)20-18(24)13-5-7-15(19)16(9-13)22(25)26/h4-9,12H,1-3H3,(H,20,24)(H,21,23)/t12-/m0/s1. The molecular formula is C18H18ClN3O4. The summed E-state index contributed by atoms with van der Waals surface area (Å²) in [7, 11) is 0. The van der Waals surface area contributed by atoms with E-state index < -0.39 is 22.8 Å². The van der Waals surface area contributed by atoms with Crippen LogP contribution in [0.2, 0.25) is 5.02 Å². The largest absolute Gasteiger partial charge is 0.341 e. The van der Waals surface area contributed by atoms with Gasteiger partial charge in [0.2, 0.25) is 5.91 Å². The number of rotatable bonds is 5. The SMILES string of the molecule is Cc1ccc(NC(=O)[C@H](C)NC(=O)c2ccc(Cl)c([N+](=O)[O-])c2)cc1C. The summed E-state index contributed by atoms with van der Waals surface area (Å²) in [6.45, 7) is 5.43. The predicted molar refractivity (Wildman–Crippen MR) is 99.6 cm³/mol. The lowest BCUT2D eigenvalue weighted by molar-refractivity contribution is -0.384. The van der Waals surface area contributed by atoms with Crippen LogP contribution in [-0.4, -0.2) is 22.8 Å². The summed E-state index contributed by atoms with van der Waals surface area (Å²) < 4.78 is 0. The summed E-state index contributed by atoms with van der Waals surface area (Å²) in [5.74, 6) is -1.00. The van der Waals surface area contributed by atoms with Crippen LogP contribution >= 0.6 is 11.6 Å². The number of amides is 2. The van der Waals surface area contributed by atoms with Gasteiger partial charge >= 0.3 is 0 Å². The molecular weight excluding hydrogens is 358 g/mol. The lowest BCUT2D eigenvalue weighted by Crippen LogP contribution is -2.41. The molecule has 0 saturated carbocycles. The Labute approximate surface area is 155 Å². The number of carbonyl (C=O) groups is 2. The fourth-order valence-electron chi connectivity index (χ4n) is 2.21. The number of anilines is 1. The highest BCUT2D eigenvalue weighted by Crippen LogP contribution is 2.25. The van der Waals surface area contributed by atoms with Crippen LogP contribution < -0.4 is 10.6 Å². The zero-order valence-electron chi connectivity index (χ0n) is 14.5. The highest BCUT2D eigenvalue weighted by molar-refractivity contribution is 6.32. The number of benzene rings is 2. The zero-order valence-corrected chi connectivity index (χ0v) is 15.3.